The van der Waals surface area contributed by atoms with Crippen LogP contribution in [0.3, 0.4) is 0 Å². The minimum absolute atomic E-state index is 0.0602. The highest BCUT2D eigenvalue weighted by Crippen LogP contribution is 2.29. The van der Waals surface area contributed by atoms with Crippen LogP contribution in [0.25, 0.3) is 0 Å². The number of ether oxygens (including phenoxy) is 2. The summed E-state index contributed by atoms with van der Waals surface area (Å²) >= 11 is 0. The number of amides is 1. The molecule has 1 rings (SSSR count). The van der Waals surface area contributed by atoms with Gasteiger partial charge in [0.2, 0.25) is 5.91 Å². The standard InChI is InChI=1S/C12H17N3O5/c1-19-6-5-13-12(16)8-14-9-3-4-10(15(17)18)11(7-9)20-2/h3-4,7,14H,5-6,8H2,1-2H3,(H,13,16). The smallest absolute Gasteiger partial charge is 0.311 e. The Morgan fingerprint density at radius 2 is 2.15 bits per heavy atom. The van der Waals surface area contributed by atoms with E-state index < -0.39 is 4.92 Å². The van der Waals surface area contributed by atoms with Gasteiger partial charge in [-0.3, -0.25) is 14.9 Å². The molecule has 0 radical (unpaired) electrons. The maximum Gasteiger partial charge on any atom is 0.311 e. The Hall–Kier alpha value is -2.35. The third-order valence-electron chi connectivity index (χ3n) is 2.46. The maximum atomic E-state index is 11.5. The molecule has 0 heterocycles. The zero-order valence-corrected chi connectivity index (χ0v) is 11.3. The van der Waals surface area contributed by atoms with Gasteiger partial charge in [0.15, 0.2) is 5.75 Å². The predicted molar refractivity (Wildman–Crippen MR) is 73.0 cm³/mol. The third-order valence-corrected chi connectivity index (χ3v) is 2.46. The number of benzene rings is 1. The number of anilines is 1. The normalized spacial score (nSPS) is 9.90. The fourth-order valence-electron chi connectivity index (χ4n) is 1.48. The van der Waals surface area contributed by atoms with E-state index in [1.807, 2.05) is 0 Å². The molecule has 0 saturated heterocycles. The minimum atomic E-state index is -0.528. The third kappa shape index (κ3) is 4.73. The first-order valence-corrected chi connectivity index (χ1v) is 5.90. The van der Waals surface area contributed by atoms with Crippen molar-refractivity contribution in [1.29, 1.82) is 0 Å². The van der Waals surface area contributed by atoms with E-state index in [1.165, 1.54) is 25.3 Å². The Morgan fingerprint density at radius 3 is 2.75 bits per heavy atom. The second kappa shape index (κ2) is 7.95. The van der Waals surface area contributed by atoms with Crippen molar-refractivity contribution in [2.24, 2.45) is 0 Å². The van der Waals surface area contributed by atoms with E-state index in [-0.39, 0.29) is 23.9 Å². The van der Waals surface area contributed by atoms with Crippen molar-refractivity contribution >= 4 is 17.3 Å². The number of nitro benzene ring substituents is 1. The van der Waals surface area contributed by atoms with Crippen LogP contribution in [0, 0.1) is 10.1 Å². The molecule has 0 aromatic heterocycles. The van der Waals surface area contributed by atoms with Crippen LogP contribution >= 0.6 is 0 Å². The van der Waals surface area contributed by atoms with Gasteiger partial charge in [-0.25, -0.2) is 0 Å². The maximum absolute atomic E-state index is 11.5. The van der Waals surface area contributed by atoms with Gasteiger partial charge in [0.25, 0.3) is 0 Å². The average Bonchev–Trinajstić information content (AvgIpc) is 2.44. The van der Waals surface area contributed by atoms with E-state index in [0.717, 1.165) is 0 Å². The molecular weight excluding hydrogens is 266 g/mol. The molecule has 1 amide bonds. The van der Waals surface area contributed by atoms with Gasteiger partial charge in [-0.05, 0) is 6.07 Å². The molecule has 110 valence electrons. The quantitative estimate of drug-likeness (QED) is 0.415. The van der Waals surface area contributed by atoms with Crippen LogP contribution in [0.5, 0.6) is 5.75 Å². The number of carbonyl (C=O) groups excluding carboxylic acids is 1. The fraction of sp³-hybridized carbons (Fsp3) is 0.417. The van der Waals surface area contributed by atoms with Gasteiger partial charge < -0.3 is 20.1 Å². The van der Waals surface area contributed by atoms with Crippen LogP contribution in [0.4, 0.5) is 11.4 Å². The first-order chi connectivity index (χ1) is 9.58. The first-order valence-electron chi connectivity index (χ1n) is 5.90. The molecule has 0 fully saturated rings. The van der Waals surface area contributed by atoms with Crippen LogP contribution in [-0.2, 0) is 9.53 Å². The Morgan fingerprint density at radius 1 is 1.40 bits per heavy atom. The summed E-state index contributed by atoms with van der Waals surface area (Å²) < 4.78 is 9.74. The molecule has 0 unspecified atom stereocenters. The molecule has 0 atom stereocenters. The van der Waals surface area contributed by atoms with Crippen molar-refractivity contribution in [3.05, 3.63) is 28.3 Å². The van der Waals surface area contributed by atoms with Gasteiger partial charge in [-0.1, -0.05) is 0 Å². The van der Waals surface area contributed by atoms with Crippen molar-refractivity contribution in [2.45, 2.75) is 0 Å². The van der Waals surface area contributed by atoms with Crippen molar-refractivity contribution in [3.63, 3.8) is 0 Å². The number of nitro groups is 1. The van der Waals surface area contributed by atoms with Crippen molar-refractivity contribution in [2.75, 3.05) is 39.2 Å². The van der Waals surface area contributed by atoms with Gasteiger partial charge in [0, 0.05) is 31.5 Å². The zero-order valence-electron chi connectivity index (χ0n) is 11.3. The number of methoxy groups -OCH3 is 2. The van der Waals surface area contributed by atoms with Gasteiger partial charge in [0.05, 0.1) is 25.2 Å². The summed E-state index contributed by atoms with van der Waals surface area (Å²) in [5.74, 6) is -0.0563. The molecule has 0 bridgehead atoms. The van der Waals surface area contributed by atoms with E-state index in [0.29, 0.717) is 18.8 Å². The minimum Gasteiger partial charge on any atom is -0.490 e. The average molecular weight is 283 g/mol. The van der Waals surface area contributed by atoms with Crippen molar-refractivity contribution in [1.82, 2.24) is 5.32 Å². The van der Waals surface area contributed by atoms with Crippen LogP contribution in [0.15, 0.2) is 18.2 Å². The molecule has 20 heavy (non-hydrogen) atoms. The lowest BCUT2D eigenvalue weighted by Gasteiger charge is -2.09. The Bertz CT molecular complexity index is 478. The summed E-state index contributed by atoms with van der Waals surface area (Å²) in [7, 11) is 2.90. The lowest BCUT2D eigenvalue weighted by molar-refractivity contribution is -0.385. The summed E-state index contributed by atoms with van der Waals surface area (Å²) in [5.41, 5.74) is 0.442. The molecular formula is C12H17N3O5. The highest BCUT2D eigenvalue weighted by molar-refractivity contribution is 5.80. The summed E-state index contributed by atoms with van der Waals surface area (Å²) in [6.07, 6.45) is 0. The van der Waals surface area contributed by atoms with E-state index in [9.17, 15) is 14.9 Å². The number of nitrogens with zero attached hydrogens (tertiary/aromatic N) is 1. The summed E-state index contributed by atoms with van der Waals surface area (Å²) in [5, 5.41) is 16.2. The summed E-state index contributed by atoms with van der Waals surface area (Å²) in [6, 6.07) is 4.31. The van der Waals surface area contributed by atoms with Crippen LogP contribution in [0.2, 0.25) is 0 Å². The SMILES string of the molecule is COCCNC(=O)CNc1ccc([N+](=O)[O-])c(OC)c1. The molecule has 1 aromatic carbocycles. The molecule has 0 aliphatic rings. The summed E-state index contributed by atoms with van der Waals surface area (Å²) in [4.78, 5) is 21.7. The van der Waals surface area contributed by atoms with Gasteiger partial charge in [-0.15, -0.1) is 0 Å². The molecule has 0 aliphatic heterocycles. The molecule has 0 aliphatic carbocycles. The van der Waals surface area contributed by atoms with Crippen LogP contribution in [-0.4, -0.2) is 44.7 Å². The largest absolute Gasteiger partial charge is 0.490 e. The zero-order chi connectivity index (χ0) is 15.0. The number of hydrogen-bond donors (Lipinski definition) is 2. The molecule has 8 nitrogen and oxygen atoms in total. The second-order valence-corrected chi connectivity index (χ2v) is 3.84. The highest BCUT2D eigenvalue weighted by Gasteiger charge is 2.14. The molecule has 0 saturated carbocycles. The van der Waals surface area contributed by atoms with Crippen LogP contribution < -0.4 is 15.4 Å². The molecule has 8 heteroatoms. The Kier molecular flexibility index (Phi) is 6.24. The molecule has 1 aromatic rings. The van der Waals surface area contributed by atoms with Crippen LogP contribution in [0.1, 0.15) is 0 Å². The molecule has 0 spiro atoms. The van der Waals surface area contributed by atoms with E-state index in [4.69, 9.17) is 9.47 Å². The topological polar surface area (TPSA) is 103 Å². The van der Waals surface area contributed by atoms with Crippen molar-refractivity contribution < 1.29 is 19.2 Å². The van der Waals surface area contributed by atoms with Gasteiger partial charge >= 0.3 is 5.69 Å². The van der Waals surface area contributed by atoms with E-state index >= 15 is 0 Å². The van der Waals surface area contributed by atoms with E-state index in [2.05, 4.69) is 10.6 Å². The number of nitrogens with one attached hydrogen (secondary N) is 2. The van der Waals surface area contributed by atoms with E-state index in [1.54, 1.807) is 7.11 Å². The Labute approximate surface area is 116 Å². The first kappa shape index (κ1) is 15.7. The number of rotatable bonds is 8. The van der Waals surface area contributed by atoms with Gasteiger partial charge in [0.1, 0.15) is 0 Å². The monoisotopic (exact) mass is 283 g/mol. The van der Waals surface area contributed by atoms with Crippen molar-refractivity contribution in [3.8, 4) is 5.75 Å². The Balaban J connectivity index is 2.56. The fourth-order valence-corrected chi connectivity index (χ4v) is 1.48. The number of carbonyl (C=O) groups is 1. The number of hydrogen-bond acceptors (Lipinski definition) is 6. The highest BCUT2D eigenvalue weighted by atomic mass is 16.6. The lowest BCUT2D eigenvalue weighted by Crippen LogP contribution is -2.32. The van der Waals surface area contributed by atoms with Gasteiger partial charge in [-0.2, -0.15) is 0 Å². The predicted octanol–water partition coefficient (Wildman–Crippen LogP) is 0.778. The molecule has 2 N–H and O–H groups in total. The summed E-state index contributed by atoms with van der Waals surface area (Å²) in [6.45, 7) is 0.933. The lowest BCUT2D eigenvalue weighted by atomic mass is 10.2. The second-order valence-electron chi connectivity index (χ2n) is 3.84.